The van der Waals surface area contributed by atoms with Crippen LogP contribution < -0.4 is 10.6 Å². The van der Waals surface area contributed by atoms with Gasteiger partial charge < -0.3 is 15.4 Å². The highest BCUT2D eigenvalue weighted by Crippen LogP contribution is 2.16. The molecule has 0 saturated carbocycles. The van der Waals surface area contributed by atoms with Gasteiger partial charge in [-0.1, -0.05) is 13.8 Å². The van der Waals surface area contributed by atoms with Crippen LogP contribution in [0.5, 0.6) is 0 Å². The van der Waals surface area contributed by atoms with E-state index in [1.807, 2.05) is 13.8 Å². The molecule has 0 fully saturated rings. The van der Waals surface area contributed by atoms with Crippen molar-refractivity contribution in [2.24, 2.45) is 5.92 Å². The fourth-order valence-corrected chi connectivity index (χ4v) is 2.25. The first kappa shape index (κ1) is 14.5. The van der Waals surface area contributed by atoms with Crippen molar-refractivity contribution in [1.29, 1.82) is 0 Å². The minimum Gasteiger partial charge on any atom is -0.467 e. The molecule has 1 aliphatic rings. The summed E-state index contributed by atoms with van der Waals surface area (Å²) in [5, 5.41) is 12.8. The zero-order chi connectivity index (χ0) is 14.7. The second kappa shape index (κ2) is 6.04. The normalized spacial score (nSPS) is 15.6. The molecule has 0 aromatic carbocycles. The third-order valence-corrected chi connectivity index (χ3v) is 3.43. The van der Waals surface area contributed by atoms with Gasteiger partial charge in [0.2, 0.25) is 0 Å². The summed E-state index contributed by atoms with van der Waals surface area (Å²) in [4.78, 5) is 24.0. The Labute approximate surface area is 117 Å². The molecular formula is C13H20N4O3. The molecule has 110 valence electrons. The van der Waals surface area contributed by atoms with Gasteiger partial charge in [-0.3, -0.25) is 9.89 Å². The molecule has 0 aliphatic carbocycles. The summed E-state index contributed by atoms with van der Waals surface area (Å²) in [5.41, 5.74) is 2.20. The molecule has 1 aliphatic heterocycles. The summed E-state index contributed by atoms with van der Waals surface area (Å²) < 4.78 is 4.71. The number of nitrogens with one attached hydrogen (secondary N) is 3. The Hall–Kier alpha value is -1.89. The lowest BCUT2D eigenvalue weighted by atomic mass is 10.0. The maximum atomic E-state index is 12.3. The van der Waals surface area contributed by atoms with Crippen LogP contribution in [0.3, 0.4) is 0 Å². The lowest BCUT2D eigenvalue weighted by Gasteiger charge is -2.20. The lowest BCUT2D eigenvalue weighted by molar-refractivity contribution is -0.144. The fourth-order valence-electron chi connectivity index (χ4n) is 2.25. The third-order valence-electron chi connectivity index (χ3n) is 3.43. The number of methoxy groups -OCH3 is 1. The van der Waals surface area contributed by atoms with Gasteiger partial charge in [0.1, 0.15) is 6.04 Å². The first-order valence-corrected chi connectivity index (χ1v) is 6.70. The standard InChI is InChI=1S/C13H20N4O3/c1-7(2)10(13(19)20-3)15-12(18)11-8-6-14-5-4-9(8)16-17-11/h7,10,14H,4-6H2,1-3H3,(H,15,18)(H,16,17). The van der Waals surface area contributed by atoms with Crippen molar-refractivity contribution in [2.45, 2.75) is 32.9 Å². The van der Waals surface area contributed by atoms with E-state index in [0.717, 1.165) is 24.2 Å². The molecule has 2 heterocycles. The fraction of sp³-hybridized carbons (Fsp3) is 0.615. The first-order valence-electron chi connectivity index (χ1n) is 6.70. The number of aromatic nitrogens is 2. The van der Waals surface area contributed by atoms with Gasteiger partial charge in [0, 0.05) is 30.8 Å². The van der Waals surface area contributed by atoms with Gasteiger partial charge in [-0.05, 0) is 5.92 Å². The van der Waals surface area contributed by atoms with E-state index >= 15 is 0 Å². The van der Waals surface area contributed by atoms with Crippen molar-refractivity contribution >= 4 is 11.9 Å². The van der Waals surface area contributed by atoms with Gasteiger partial charge in [-0.15, -0.1) is 0 Å². The third kappa shape index (κ3) is 2.82. The number of nitrogens with zero attached hydrogens (tertiary/aromatic N) is 1. The molecule has 1 aromatic rings. The second-order valence-corrected chi connectivity index (χ2v) is 5.17. The molecule has 2 rings (SSSR count). The van der Waals surface area contributed by atoms with Crippen molar-refractivity contribution in [1.82, 2.24) is 20.8 Å². The highest BCUT2D eigenvalue weighted by Gasteiger charge is 2.28. The van der Waals surface area contributed by atoms with E-state index in [4.69, 9.17) is 4.74 Å². The number of hydrogen-bond acceptors (Lipinski definition) is 5. The van der Waals surface area contributed by atoms with Crippen LogP contribution >= 0.6 is 0 Å². The molecule has 0 bridgehead atoms. The number of aromatic amines is 1. The monoisotopic (exact) mass is 280 g/mol. The molecule has 0 spiro atoms. The molecular weight excluding hydrogens is 260 g/mol. The number of carbonyl (C=O) groups is 2. The van der Waals surface area contributed by atoms with E-state index in [1.165, 1.54) is 7.11 Å². The van der Waals surface area contributed by atoms with E-state index in [-0.39, 0.29) is 11.8 Å². The molecule has 0 saturated heterocycles. The van der Waals surface area contributed by atoms with Crippen molar-refractivity contribution in [3.05, 3.63) is 17.0 Å². The summed E-state index contributed by atoms with van der Waals surface area (Å²) in [6, 6.07) is -0.670. The largest absolute Gasteiger partial charge is 0.467 e. The highest BCUT2D eigenvalue weighted by atomic mass is 16.5. The van der Waals surface area contributed by atoms with Crippen LogP contribution in [0.15, 0.2) is 0 Å². The number of rotatable bonds is 4. The summed E-state index contributed by atoms with van der Waals surface area (Å²) in [6.45, 7) is 5.18. The van der Waals surface area contributed by atoms with E-state index in [9.17, 15) is 9.59 Å². The first-order chi connectivity index (χ1) is 9.54. The van der Waals surface area contributed by atoms with E-state index < -0.39 is 12.0 Å². The summed E-state index contributed by atoms with van der Waals surface area (Å²) >= 11 is 0. The van der Waals surface area contributed by atoms with E-state index in [0.29, 0.717) is 12.2 Å². The number of amides is 1. The van der Waals surface area contributed by atoms with Crippen LogP contribution in [0.1, 0.15) is 35.6 Å². The number of H-pyrrole nitrogens is 1. The predicted octanol–water partition coefficient (Wildman–Crippen LogP) is -0.0172. The van der Waals surface area contributed by atoms with Crippen LogP contribution in [-0.2, 0) is 22.5 Å². The summed E-state index contributed by atoms with van der Waals surface area (Å²) in [6.07, 6.45) is 0.820. The molecule has 20 heavy (non-hydrogen) atoms. The molecule has 1 unspecified atom stereocenters. The minimum atomic E-state index is -0.670. The molecule has 1 atom stereocenters. The maximum Gasteiger partial charge on any atom is 0.328 e. The molecule has 3 N–H and O–H groups in total. The van der Waals surface area contributed by atoms with Crippen molar-refractivity contribution in [2.75, 3.05) is 13.7 Å². The Bertz CT molecular complexity index is 510. The van der Waals surface area contributed by atoms with Crippen LogP contribution in [0.4, 0.5) is 0 Å². The molecule has 1 aromatic heterocycles. The van der Waals surface area contributed by atoms with Crippen LogP contribution in [0, 0.1) is 5.92 Å². The smallest absolute Gasteiger partial charge is 0.328 e. The average Bonchev–Trinajstić information content (AvgIpc) is 2.87. The molecule has 7 heteroatoms. The number of fused-ring (bicyclic) bond motifs is 1. The average molecular weight is 280 g/mol. The highest BCUT2D eigenvalue weighted by molar-refractivity contribution is 5.96. The van der Waals surface area contributed by atoms with Gasteiger partial charge in [-0.2, -0.15) is 5.10 Å². The predicted molar refractivity (Wildman–Crippen MR) is 72.1 cm³/mol. The van der Waals surface area contributed by atoms with Crippen LogP contribution in [0.25, 0.3) is 0 Å². The van der Waals surface area contributed by atoms with Crippen LogP contribution in [0.2, 0.25) is 0 Å². The van der Waals surface area contributed by atoms with Gasteiger partial charge in [0.15, 0.2) is 5.69 Å². The SMILES string of the molecule is COC(=O)C(NC(=O)c1n[nH]c2c1CNCC2)C(C)C. The zero-order valence-electron chi connectivity index (χ0n) is 11.9. The topological polar surface area (TPSA) is 96.1 Å². The molecule has 1 amide bonds. The quantitative estimate of drug-likeness (QED) is 0.674. The summed E-state index contributed by atoms with van der Waals surface area (Å²) in [5.74, 6) is -0.856. The summed E-state index contributed by atoms with van der Waals surface area (Å²) in [7, 11) is 1.31. The maximum absolute atomic E-state index is 12.3. The number of carbonyl (C=O) groups excluding carboxylic acids is 2. The van der Waals surface area contributed by atoms with Crippen molar-refractivity contribution in [3.8, 4) is 0 Å². The number of hydrogen-bond donors (Lipinski definition) is 3. The van der Waals surface area contributed by atoms with Gasteiger partial charge in [-0.25, -0.2) is 4.79 Å². The van der Waals surface area contributed by atoms with Gasteiger partial charge in [0.25, 0.3) is 5.91 Å². The Balaban J connectivity index is 2.15. The Morgan fingerprint density at radius 1 is 1.40 bits per heavy atom. The van der Waals surface area contributed by atoms with Crippen molar-refractivity contribution in [3.63, 3.8) is 0 Å². The van der Waals surface area contributed by atoms with E-state index in [1.54, 1.807) is 0 Å². The molecule has 0 radical (unpaired) electrons. The minimum absolute atomic E-state index is 0.0562. The van der Waals surface area contributed by atoms with Gasteiger partial charge >= 0.3 is 5.97 Å². The lowest BCUT2D eigenvalue weighted by Crippen LogP contribution is -2.45. The van der Waals surface area contributed by atoms with Crippen LogP contribution in [-0.4, -0.2) is 41.8 Å². The van der Waals surface area contributed by atoms with E-state index in [2.05, 4.69) is 20.8 Å². The Morgan fingerprint density at radius 3 is 2.80 bits per heavy atom. The number of esters is 1. The Kier molecular flexibility index (Phi) is 4.39. The van der Waals surface area contributed by atoms with Gasteiger partial charge in [0.05, 0.1) is 7.11 Å². The Morgan fingerprint density at radius 2 is 2.15 bits per heavy atom. The second-order valence-electron chi connectivity index (χ2n) is 5.17. The van der Waals surface area contributed by atoms with Crippen molar-refractivity contribution < 1.29 is 14.3 Å². The zero-order valence-corrected chi connectivity index (χ0v) is 11.9. The molecule has 7 nitrogen and oxygen atoms in total. The number of ether oxygens (including phenoxy) is 1.